The number of rotatable bonds is 9. The van der Waals surface area contributed by atoms with Crippen LogP contribution >= 0.6 is 0 Å². The number of aliphatic hydroxyl groups is 2. The molecule has 1 fully saturated rings. The van der Waals surface area contributed by atoms with Crippen molar-refractivity contribution < 1.29 is 38.7 Å². The summed E-state index contributed by atoms with van der Waals surface area (Å²) in [7, 11) is 3.66. The van der Waals surface area contributed by atoms with E-state index in [4.69, 9.17) is 28.8 Å². The van der Waals surface area contributed by atoms with E-state index in [1.807, 2.05) is 5.23 Å². The summed E-state index contributed by atoms with van der Waals surface area (Å²) in [6.45, 7) is -0.553. The molecule has 1 saturated heterocycles. The Balaban J connectivity index is 2.95. The molecular formula is C14H25O8S-. The summed E-state index contributed by atoms with van der Waals surface area (Å²) in [6, 6.07) is 0. The van der Waals surface area contributed by atoms with E-state index in [1.165, 1.54) is 21.3 Å². The lowest BCUT2D eigenvalue weighted by atomic mass is 9.99. The Morgan fingerprint density at radius 2 is 1.83 bits per heavy atom. The first-order valence-corrected chi connectivity index (χ1v) is 8.61. The summed E-state index contributed by atoms with van der Waals surface area (Å²) in [5.74, 6) is 4.01. The van der Waals surface area contributed by atoms with Gasteiger partial charge in [0.15, 0.2) is 6.29 Å². The summed E-state index contributed by atoms with van der Waals surface area (Å²) in [4.78, 5) is 10.8. The summed E-state index contributed by atoms with van der Waals surface area (Å²) < 4.78 is 27.7. The summed E-state index contributed by atoms with van der Waals surface area (Å²) in [5, 5.41) is 20.1. The number of ether oxygens (including phenoxy) is 5. The van der Waals surface area contributed by atoms with E-state index in [9.17, 15) is 9.90 Å². The third-order valence-corrected chi connectivity index (χ3v) is 4.52. The average molecular weight is 353 g/mol. The van der Waals surface area contributed by atoms with Crippen LogP contribution in [0, 0.1) is 0 Å². The van der Waals surface area contributed by atoms with Crippen molar-refractivity contribution in [2.24, 2.45) is 0 Å². The topological polar surface area (TPSA) is 104 Å². The largest absolute Gasteiger partial charge is 0.394 e. The number of carbonyl (C=O) groups excluding carboxylic acids is 1. The van der Waals surface area contributed by atoms with Crippen molar-refractivity contribution >= 4 is 21.2 Å². The molecule has 1 aliphatic heterocycles. The van der Waals surface area contributed by atoms with Gasteiger partial charge < -0.3 is 44.0 Å². The lowest BCUT2D eigenvalue weighted by molar-refractivity contribution is -0.307. The van der Waals surface area contributed by atoms with Gasteiger partial charge in [-0.25, -0.2) is 5.87 Å². The fourth-order valence-electron chi connectivity index (χ4n) is 2.44. The van der Waals surface area contributed by atoms with Gasteiger partial charge >= 0.3 is 0 Å². The lowest BCUT2D eigenvalue weighted by Crippen LogP contribution is -2.61. The van der Waals surface area contributed by atoms with Gasteiger partial charge in [0, 0.05) is 21.3 Å². The smallest absolute Gasteiger partial charge is 0.186 e. The van der Waals surface area contributed by atoms with Gasteiger partial charge in [0.05, 0.1) is 19.3 Å². The quantitative estimate of drug-likeness (QED) is 0.371. The molecule has 0 spiro atoms. The van der Waals surface area contributed by atoms with Gasteiger partial charge in [-0.2, -0.15) is 0 Å². The van der Waals surface area contributed by atoms with E-state index in [0.29, 0.717) is 5.75 Å². The number of hydrogen-bond donors (Lipinski definition) is 2. The van der Waals surface area contributed by atoms with E-state index < -0.39 is 53.5 Å². The van der Waals surface area contributed by atoms with Crippen molar-refractivity contribution in [2.45, 2.75) is 36.8 Å². The van der Waals surface area contributed by atoms with Crippen molar-refractivity contribution in [3.05, 3.63) is 0 Å². The maximum atomic E-state index is 10.8. The normalized spacial score (nSPS) is 32.7. The minimum atomic E-state index is -1.03. The Morgan fingerprint density at radius 3 is 2.30 bits per heavy atom. The van der Waals surface area contributed by atoms with Crippen molar-refractivity contribution in [3.63, 3.8) is 0 Å². The van der Waals surface area contributed by atoms with Crippen molar-refractivity contribution in [2.75, 3.05) is 40.3 Å². The summed E-state index contributed by atoms with van der Waals surface area (Å²) in [5.41, 5.74) is 0. The van der Waals surface area contributed by atoms with E-state index in [1.54, 1.807) is 0 Å². The Bertz CT molecular complexity index is 446. The van der Waals surface area contributed by atoms with Crippen LogP contribution in [-0.2, 0) is 38.6 Å². The molecule has 1 rings (SSSR count). The van der Waals surface area contributed by atoms with Crippen LogP contribution < -0.4 is 0 Å². The predicted molar refractivity (Wildman–Crippen MR) is 85.1 cm³/mol. The van der Waals surface area contributed by atoms with Crippen LogP contribution in [0.1, 0.15) is 0 Å². The molecule has 1 heterocycles. The fraction of sp³-hybridized carbons (Fsp3) is 0.857. The standard InChI is InChI=1S/C14H25O8S/c1-18-11-10(7-23(4)8-16)22-14(21-6-9(17)5-15)13(20-3)12(11)19-2/h9-15,17H,4-7H2,1-3H3/q-1/t9?,10?,11-,12?,13?,14?/m1/s1. The molecule has 0 aromatic carbocycles. The molecule has 2 N–H and O–H groups in total. The molecule has 0 aromatic rings. The molecular weight excluding hydrogens is 328 g/mol. The second-order valence-electron chi connectivity index (χ2n) is 5.06. The van der Waals surface area contributed by atoms with Gasteiger partial charge in [-0.3, -0.25) is 4.79 Å². The molecule has 0 radical (unpaired) electrons. The SMILES string of the molecule is C=[S-](=C=O)CC1OC(OCC(O)CO)C(OC)C(OC)[C@@H]1OC. The summed E-state index contributed by atoms with van der Waals surface area (Å²) >= 11 is 0. The van der Waals surface area contributed by atoms with Crippen LogP contribution in [0.5, 0.6) is 0 Å². The van der Waals surface area contributed by atoms with E-state index >= 15 is 0 Å². The maximum absolute atomic E-state index is 10.8. The second-order valence-corrected chi connectivity index (χ2v) is 6.54. The van der Waals surface area contributed by atoms with Gasteiger partial charge in [0.1, 0.15) is 24.4 Å². The van der Waals surface area contributed by atoms with Gasteiger partial charge in [0.2, 0.25) is 0 Å². The van der Waals surface area contributed by atoms with Crippen LogP contribution in [0.3, 0.4) is 0 Å². The van der Waals surface area contributed by atoms with Crippen molar-refractivity contribution in [3.8, 4) is 0 Å². The first-order chi connectivity index (χ1) is 11.0. The van der Waals surface area contributed by atoms with Gasteiger partial charge in [0.25, 0.3) is 0 Å². The van der Waals surface area contributed by atoms with Gasteiger partial charge in [-0.15, -0.1) is 0 Å². The third-order valence-electron chi connectivity index (χ3n) is 3.55. The molecule has 136 valence electrons. The zero-order valence-corrected chi connectivity index (χ0v) is 14.4. The molecule has 23 heavy (non-hydrogen) atoms. The first-order valence-electron chi connectivity index (χ1n) is 7.05. The number of methoxy groups -OCH3 is 3. The van der Waals surface area contributed by atoms with E-state index in [-0.39, 0.29) is 6.61 Å². The predicted octanol–water partition coefficient (Wildman–Crippen LogP) is -1.76. The van der Waals surface area contributed by atoms with Crippen molar-refractivity contribution in [1.29, 1.82) is 0 Å². The first kappa shape index (κ1) is 20.6. The van der Waals surface area contributed by atoms with E-state index in [2.05, 4.69) is 5.87 Å². The highest BCUT2D eigenvalue weighted by molar-refractivity contribution is 7.92. The highest BCUT2D eigenvalue weighted by Crippen LogP contribution is 2.28. The number of hydrogen-bond acceptors (Lipinski definition) is 9. The van der Waals surface area contributed by atoms with Crippen LogP contribution in [0.15, 0.2) is 0 Å². The molecule has 0 bridgehead atoms. The Morgan fingerprint density at radius 1 is 1.22 bits per heavy atom. The maximum Gasteiger partial charge on any atom is 0.186 e. The minimum absolute atomic E-state index is 0.127. The van der Waals surface area contributed by atoms with Crippen LogP contribution in [0.2, 0.25) is 0 Å². The molecule has 0 aliphatic carbocycles. The lowest BCUT2D eigenvalue weighted by Gasteiger charge is -2.45. The Labute approximate surface area is 137 Å². The zero-order valence-electron chi connectivity index (χ0n) is 13.5. The average Bonchev–Trinajstić information content (AvgIpc) is 2.58. The fourth-order valence-corrected chi connectivity index (χ4v) is 3.17. The molecule has 9 heteroatoms. The number of aliphatic hydroxyl groups excluding tert-OH is 2. The monoisotopic (exact) mass is 353 g/mol. The molecule has 6 atom stereocenters. The second kappa shape index (κ2) is 10.4. The van der Waals surface area contributed by atoms with E-state index in [0.717, 1.165) is 0 Å². The minimum Gasteiger partial charge on any atom is -0.394 e. The third kappa shape index (κ3) is 5.53. The Hall–Kier alpha value is -0.480. The van der Waals surface area contributed by atoms with Gasteiger partial charge in [-0.1, -0.05) is 5.75 Å². The molecule has 1 aliphatic rings. The molecule has 0 saturated carbocycles. The van der Waals surface area contributed by atoms with Crippen molar-refractivity contribution in [1.82, 2.24) is 0 Å². The Kier molecular flexibility index (Phi) is 9.30. The zero-order chi connectivity index (χ0) is 17.4. The van der Waals surface area contributed by atoms with Gasteiger partial charge in [-0.05, 0) is 5.23 Å². The molecule has 0 aromatic heterocycles. The highest BCUT2D eigenvalue weighted by Gasteiger charge is 2.46. The van der Waals surface area contributed by atoms with Crippen LogP contribution in [0.25, 0.3) is 0 Å². The molecule has 8 nitrogen and oxygen atoms in total. The summed E-state index contributed by atoms with van der Waals surface area (Å²) in [6.07, 6.45) is -3.94. The van der Waals surface area contributed by atoms with Crippen LogP contribution in [0.4, 0.5) is 0 Å². The molecule has 0 amide bonds. The molecule has 5 unspecified atom stereocenters. The van der Waals surface area contributed by atoms with Crippen LogP contribution in [-0.4, -0.2) is 98.4 Å². The highest BCUT2D eigenvalue weighted by atomic mass is 32.2.